The Morgan fingerprint density at radius 2 is 1.81 bits per heavy atom. The maximum atomic E-state index is 11.0. The monoisotopic (exact) mass is 289 g/mol. The molecule has 3 heteroatoms. The van der Waals surface area contributed by atoms with Gasteiger partial charge in [-0.15, -0.1) is 0 Å². The molecule has 1 atom stereocenters. The molecule has 0 aliphatic heterocycles. The van der Waals surface area contributed by atoms with Crippen molar-refractivity contribution >= 4 is 5.97 Å². The average Bonchev–Trinajstić information content (AvgIpc) is 2.47. The van der Waals surface area contributed by atoms with E-state index in [-0.39, 0.29) is 0 Å². The zero-order valence-corrected chi connectivity index (χ0v) is 13.4. The van der Waals surface area contributed by atoms with Crippen LogP contribution in [0.15, 0.2) is 24.3 Å². The maximum Gasteiger partial charge on any atom is 0.310 e. The molecular formula is C18H27NO2. The fourth-order valence-corrected chi connectivity index (χ4v) is 3.15. The van der Waals surface area contributed by atoms with Gasteiger partial charge in [0.05, 0.1) is 5.92 Å². The number of aliphatic carboxylic acids is 1. The Balaban J connectivity index is 1.92. The van der Waals surface area contributed by atoms with Gasteiger partial charge in [-0.2, -0.15) is 0 Å². The summed E-state index contributed by atoms with van der Waals surface area (Å²) in [7, 11) is 2.20. The van der Waals surface area contributed by atoms with Crippen molar-refractivity contribution in [3.8, 4) is 0 Å². The highest BCUT2D eigenvalue weighted by Gasteiger charge is 2.21. The quantitative estimate of drug-likeness (QED) is 0.894. The number of hydrogen-bond donors (Lipinski definition) is 1. The summed E-state index contributed by atoms with van der Waals surface area (Å²) in [5.74, 6) is -0.320. The zero-order chi connectivity index (χ0) is 15.4. The Bertz CT molecular complexity index is 461. The van der Waals surface area contributed by atoms with Crippen LogP contribution in [0.4, 0.5) is 0 Å². The summed E-state index contributed by atoms with van der Waals surface area (Å²) in [6.07, 6.45) is 5.27. The summed E-state index contributed by atoms with van der Waals surface area (Å²) in [5.41, 5.74) is 2.14. The molecular weight excluding hydrogens is 262 g/mol. The molecule has 1 N–H and O–H groups in total. The second kappa shape index (κ2) is 7.08. The Labute approximate surface area is 128 Å². The number of hydrogen-bond acceptors (Lipinski definition) is 2. The van der Waals surface area contributed by atoms with Gasteiger partial charge in [-0.05, 0) is 56.7 Å². The molecule has 1 unspecified atom stereocenters. The number of carbonyl (C=O) groups is 1. The fourth-order valence-electron chi connectivity index (χ4n) is 3.15. The van der Waals surface area contributed by atoms with Crippen molar-refractivity contribution in [2.24, 2.45) is 5.92 Å². The van der Waals surface area contributed by atoms with Gasteiger partial charge in [0, 0.05) is 12.6 Å². The van der Waals surface area contributed by atoms with Crippen molar-refractivity contribution in [2.45, 2.75) is 58.0 Å². The minimum absolute atomic E-state index is 0.434. The summed E-state index contributed by atoms with van der Waals surface area (Å²) >= 11 is 0. The summed E-state index contributed by atoms with van der Waals surface area (Å²) in [6.45, 7) is 5.02. The molecule has 1 saturated carbocycles. The van der Waals surface area contributed by atoms with Crippen LogP contribution in [0.1, 0.15) is 56.6 Å². The Morgan fingerprint density at radius 1 is 1.24 bits per heavy atom. The molecule has 2 rings (SSSR count). The third kappa shape index (κ3) is 4.31. The molecule has 0 aromatic heterocycles. The van der Waals surface area contributed by atoms with Crippen LogP contribution < -0.4 is 0 Å². The van der Waals surface area contributed by atoms with Gasteiger partial charge in [-0.1, -0.05) is 31.2 Å². The van der Waals surface area contributed by atoms with Crippen molar-refractivity contribution < 1.29 is 9.90 Å². The molecule has 3 nitrogen and oxygen atoms in total. The SMILES string of the molecule is CC1CCC(N(C)Cc2ccc(C(C)C(=O)O)cc2)CC1. The molecule has 0 spiro atoms. The summed E-state index contributed by atoms with van der Waals surface area (Å²) < 4.78 is 0. The Kier molecular flexibility index (Phi) is 5.40. The van der Waals surface area contributed by atoms with Crippen LogP contribution in [-0.2, 0) is 11.3 Å². The van der Waals surface area contributed by atoms with Crippen molar-refractivity contribution in [3.05, 3.63) is 35.4 Å². The normalized spacial score (nSPS) is 24.0. The van der Waals surface area contributed by atoms with Crippen LogP contribution >= 0.6 is 0 Å². The van der Waals surface area contributed by atoms with E-state index in [0.717, 1.165) is 18.0 Å². The van der Waals surface area contributed by atoms with E-state index in [2.05, 4.69) is 31.0 Å². The zero-order valence-electron chi connectivity index (χ0n) is 13.4. The molecule has 0 saturated heterocycles. The smallest absolute Gasteiger partial charge is 0.310 e. The first kappa shape index (κ1) is 16.0. The van der Waals surface area contributed by atoms with E-state index >= 15 is 0 Å². The lowest BCUT2D eigenvalue weighted by Gasteiger charge is -2.33. The van der Waals surface area contributed by atoms with E-state index in [1.165, 1.54) is 31.2 Å². The topological polar surface area (TPSA) is 40.5 Å². The number of carboxylic acids is 1. The highest BCUT2D eigenvalue weighted by atomic mass is 16.4. The van der Waals surface area contributed by atoms with Crippen LogP contribution in [0.2, 0.25) is 0 Å². The molecule has 21 heavy (non-hydrogen) atoms. The second-order valence-corrected chi connectivity index (χ2v) is 6.63. The van der Waals surface area contributed by atoms with E-state index in [4.69, 9.17) is 5.11 Å². The lowest BCUT2D eigenvalue weighted by molar-refractivity contribution is -0.138. The van der Waals surface area contributed by atoms with Crippen LogP contribution in [0.5, 0.6) is 0 Å². The van der Waals surface area contributed by atoms with Gasteiger partial charge < -0.3 is 5.11 Å². The van der Waals surface area contributed by atoms with E-state index in [0.29, 0.717) is 6.04 Å². The van der Waals surface area contributed by atoms with Gasteiger partial charge in [0.15, 0.2) is 0 Å². The predicted molar refractivity (Wildman–Crippen MR) is 85.4 cm³/mol. The molecule has 1 aliphatic carbocycles. The first-order valence-corrected chi connectivity index (χ1v) is 7.99. The molecule has 0 amide bonds. The molecule has 0 heterocycles. The van der Waals surface area contributed by atoms with Crippen LogP contribution in [0, 0.1) is 5.92 Å². The lowest BCUT2D eigenvalue weighted by atomic mass is 9.86. The number of carboxylic acid groups (broad SMARTS) is 1. The first-order valence-electron chi connectivity index (χ1n) is 7.99. The molecule has 0 bridgehead atoms. The standard InChI is InChI=1S/C18H27NO2/c1-13-4-10-17(11-5-13)19(3)12-15-6-8-16(9-7-15)14(2)18(20)21/h6-9,13-14,17H,4-5,10-12H2,1-3H3,(H,20,21). The Hall–Kier alpha value is -1.35. The average molecular weight is 289 g/mol. The van der Waals surface area contributed by atoms with Crippen molar-refractivity contribution in [3.63, 3.8) is 0 Å². The molecule has 1 aromatic carbocycles. The third-order valence-corrected chi connectivity index (χ3v) is 4.89. The Morgan fingerprint density at radius 3 is 2.33 bits per heavy atom. The van der Waals surface area contributed by atoms with Crippen LogP contribution in [0.25, 0.3) is 0 Å². The van der Waals surface area contributed by atoms with Gasteiger partial charge in [0.1, 0.15) is 0 Å². The molecule has 0 radical (unpaired) electrons. The molecule has 1 aliphatic rings. The first-order chi connectivity index (χ1) is 9.97. The third-order valence-electron chi connectivity index (χ3n) is 4.89. The summed E-state index contributed by atoms with van der Waals surface area (Å²) in [6, 6.07) is 8.72. The van der Waals surface area contributed by atoms with Crippen molar-refractivity contribution in [2.75, 3.05) is 7.05 Å². The van der Waals surface area contributed by atoms with Crippen molar-refractivity contribution in [1.82, 2.24) is 4.90 Å². The molecule has 1 aromatic rings. The number of nitrogens with zero attached hydrogens (tertiary/aromatic N) is 1. The van der Waals surface area contributed by atoms with Gasteiger partial charge in [0.2, 0.25) is 0 Å². The van der Waals surface area contributed by atoms with E-state index in [9.17, 15) is 4.79 Å². The van der Waals surface area contributed by atoms with E-state index in [1.807, 2.05) is 12.1 Å². The van der Waals surface area contributed by atoms with Crippen LogP contribution in [-0.4, -0.2) is 29.1 Å². The highest BCUT2D eigenvalue weighted by Crippen LogP contribution is 2.27. The molecule has 1 fully saturated rings. The second-order valence-electron chi connectivity index (χ2n) is 6.63. The largest absolute Gasteiger partial charge is 0.481 e. The number of benzene rings is 1. The van der Waals surface area contributed by atoms with E-state index in [1.54, 1.807) is 6.92 Å². The van der Waals surface area contributed by atoms with E-state index < -0.39 is 11.9 Å². The minimum atomic E-state index is -0.767. The van der Waals surface area contributed by atoms with Crippen molar-refractivity contribution in [1.29, 1.82) is 0 Å². The predicted octanol–water partition coefficient (Wildman–Crippen LogP) is 3.89. The van der Waals surface area contributed by atoms with Crippen LogP contribution in [0.3, 0.4) is 0 Å². The van der Waals surface area contributed by atoms with Gasteiger partial charge in [0.25, 0.3) is 0 Å². The maximum absolute atomic E-state index is 11.0. The summed E-state index contributed by atoms with van der Waals surface area (Å²) in [5, 5.41) is 9.03. The lowest BCUT2D eigenvalue weighted by Crippen LogP contribution is -2.34. The van der Waals surface area contributed by atoms with Gasteiger partial charge in [-0.3, -0.25) is 9.69 Å². The fraction of sp³-hybridized carbons (Fsp3) is 0.611. The number of rotatable bonds is 5. The van der Waals surface area contributed by atoms with Gasteiger partial charge >= 0.3 is 5.97 Å². The minimum Gasteiger partial charge on any atom is -0.481 e. The highest BCUT2D eigenvalue weighted by molar-refractivity contribution is 5.75. The molecule has 116 valence electrons. The van der Waals surface area contributed by atoms with Gasteiger partial charge in [-0.25, -0.2) is 0 Å². The summed E-state index contributed by atoms with van der Waals surface area (Å²) in [4.78, 5) is 13.4.